The number of hydrogen-bond donors (Lipinski definition) is 0. The van der Waals surface area contributed by atoms with E-state index in [1.165, 1.54) is 0 Å². The molecule has 1 aliphatic rings. The van der Waals surface area contributed by atoms with Crippen molar-refractivity contribution in [3.63, 3.8) is 0 Å². The minimum atomic E-state index is 0.724. The molecule has 0 spiro atoms. The Labute approximate surface area is 74.8 Å². The fraction of sp³-hybridized carbons (Fsp3) is 0.600. The van der Waals surface area contributed by atoms with Gasteiger partial charge in [-0.25, -0.2) is 0 Å². The second-order valence-electron chi connectivity index (χ2n) is 2.56. The summed E-state index contributed by atoms with van der Waals surface area (Å²) in [5.74, 6) is 0.724. The van der Waals surface area contributed by atoms with Crippen LogP contribution in [-0.4, -0.2) is 0 Å². The van der Waals surface area contributed by atoms with E-state index in [4.69, 9.17) is 0 Å². The van der Waals surface area contributed by atoms with Crippen molar-refractivity contribution in [3.8, 4) is 0 Å². The molecule has 0 unspecified atom stereocenters. The molecule has 0 fully saturated rings. The van der Waals surface area contributed by atoms with Crippen LogP contribution in [0.1, 0.15) is 34.1 Å². The molecule has 0 bridgehead atoms. The maximum absolute atomic E-state index is 2.25. The van der Waals surface area contributed by atoms with Crippen molar-refractivity contribution < 1.29 is 0 Å². The van der Waals surface area contributed by atoms with E-state index in [-0.39, 0.29) is 0 Å². The minimum absolute atomic E-state index is 0.724. The van der Waals surface area contributed by atoms with Crippen LogP contribution in [0.25, 0.3) is 0 Å². The predicted octanol–water partition coefficient (Wildman–Crippen LogP) is 4.20. The molecule has 1 heteroatoms. The molecule has 0 atom stereocenters. The average molecular weight is 170 g/mol. The van der Waals surface area contributed by atoms with Gasteiger partial charge in [0.15, 0.2) is 0 Å². The first kappa shape index (κ1) is 10.8. The molecule has 64 valence electrons. The van der Waals surface area contributed by atoms with Gasteiger partial charge in [-0.05, 0) is 23.2 Å². The zero-order valence-electron chi connectivity index (χ0n) is 7.92. The van der Waals surface area contributed by atoms with Crippen LogP contribution < -0.4 is 0 Å². The summed E-state index contributed by atoms with van der Waals surface area (Å²) in [5.41, 5.74) is 1.56. The Hall–Kier alpha value is -0.170. The Morgan fingerprint density at radius 2 is 2.00 bits per heavy atom. The SMILES string of the molecule is CC.CC(C)C1=CSC=CC1. The lowest BCUT2D eigenvalue weighted by Gasteiger charge is -2.10. The van der Waals surface area contributed by atoms with Gasteiger partial charge in [0, 0.05) is 0 Å². The fourth-order valence-corrected chi connectivity index (χ4v) is 1.62. The van der Waals surface area contributed by atoms with Crippen molar-refractivity contribution >= 4 is 11.8 Å². The molecule has 0 aromatic carbocycles. The summed E-state index contributed by atoms with van der Waals surface area (Å²) in [6.07, 6.45) is 3.38. The van der Waals surface area contributed by atoms with Crippen LogP contribution >= 0.6 is 11.8 Å². The summed E-state index contributed by atoms with van der Waals surface area (Å²) >= 11 is 1.79. The lowest BCUT2D eigenvalue weighted by molar-refractivity contribution is 0.749. The monoisotopic (exact) mass is 170 g/mol. The zero-order chi connectivity index (χ0) is 8.69. The smallest absolute Gasteiger partial charge is 0.0120 e. The van der Waals surface area contributed by atoms with Gasteiger partial charge in [0.05, 0.1) is 0 Å². The molecule has 0 aromatic rings. The zero-order valence-corrected chi connectivity index (χ0v) is 8.74. The summed E-state index contributed by atoms with van der Waals surface area (Å²) in [6.45, 7) is 8.48. The van der Waals surface area contributed by atoms with Crippen molar-refractivity contribution in [1.82, 2.24) is 0 Å². The number of hydrogen-bond acceptors (Lipinski definition) is 1. The van der Waals surface area contributed by atoms with E-state index < -0.39 is 0 Å². The van der Waals surface area contributed by atoms with E-state index in [1.807, 2.05) is 13.8 Å². The number of rotatable bonds is 1. The maximum atomic E-state index is 2.25. The molecule has 0 amide bonds. The molecule has 1 rings (SSSR count). The average Bonchev–Trinajstić information content (AvgIpc) is 2.10. The van der Waals surface area contributed by atoms with E-state index in [0.717, 1.165) is 12.3 Å². The molecule has 0 saturated heterocycles. The molecule has 0 radical (unpaired) electrons. The Balaban J connectivity index is 0.000000461. The van der Waals surface area contributed by atoms with Gasteiger partial charge in [-0.1, -0.05) is 39.3 Å². The summed E-state index contributed by atoms with van der Waals surface area (Å²) in [5, 5.41) is 4.40. The normalized spacial score (nSPS) is 15.5. The van der Waals surface area contributed by atoms with Gasteiger partial charge in [-0.2, -0.15) is 0 Å². The lowest BCUT2D eigenvalue weighted by Crippen LogP contribution is -1.92. The quantitative estimate of drug-likeness (QED) is 0.568. The van der Waals surface area contributed by atoms with Gasteiger partial charge in [-0.3, -0.25) is 0 Å². The van der Waals surface area contributed by atoms with Gasteiger partial charge < -0.3 is 0 Å². The van der Waals surface area contributed by atoms with Crippen LogP contribution in [0.3, 0.4) is 0 Å². The highest BCUT2D eigenvalue weighted by Gasteiger charge is 2.02. The summed E-state index contributed by atoms with van der Waals surface area (Å²) in [4.78, 5) is 0. The van der Waals surface area contributed by atoms with Crippen LogP contribution in [-0.2, 0) is 0 Å². The third kappa shape index (κ3) is 4.31. The van der Waals surface area contributed by atoms with Crippen LogP contribution in [0.15, 0.2) is 22.5 Å². The van der Waals surface area contributed by atoms with Gasteiger partial charge in [0.1, 0.15) is 0 Å². The largest absolute Gasteiger partial charge is 0.106 e. The van der Waals surface area contributed by atoms with Gasteiger partial charge in [0.2, 0.25) is 0 Å². The molecule has 1 aliphatic heterocycles. The molecule has 0 aliphatic carbocycles. The van der Waals surface area contributed by atoms with E-state index >= 15 is 0 Å². The van der Waals surface area contributed by atoms with Crippen LogP contribution in [0.5, 0.6) is 0 Å². The Kier molecular flexibility index (Phi) is 6.43. The first-order chi connectivity index (χ1) is 5.30. The Morgan fingerprint density at radius 1 is 1.36 bits per heavy atom. The predicted molar refractivity (Wildman–Crippen MR) is 55.6 cm³/mol. The third-order valence-electron chi connectivity index (χ3n) is 1.49. The third-order valence-corrected chi connectivity index (χ3v) is 2.28. The molecule has 11 heavy (non-hydrogen) atoms. The van der Waals surface area contributed by atoms with E-state index in [9.17, 15) is 0 Å². The summed E-state index contributed by atoms with van der Waals surface area (Å²) in [6, 6.07) is 0. The fourth-order valence-electron chi connectivity index (χ4n) is 0.786. The molecule has 0 N–H and O–H groups in total. The van der Waals surface area contributed by atoms with E-state index in [0.29, 0.717) is 0 Å². The van der Waals surface area contributed by atoms with E-state index in [2.05, 4.69) is 30.7 Å². The molecular weight excluding hydrogens is 152 g/mol. The summed E-state index contributed by atoms with van der Waals surface area (Å²) < 4.78 is 0. The van der Waals surface area contributed by atoms with Crippen molar-refractivity contribution in [2.75, 3.05) is 0 Å². The van der Waals surface area contributed by atoms with Crippen LogP contribution in [0, 0.1) is 5.92 Å². The summed E-state index contributed by atoms with van der Waals surface area (Å²) in [7, 11) is 0. The number of allylic oxidation sites excluding steroid dienone is 2. The highest BCUT2D eigenvalue weighted by molar-refractivity contribution is 8.04. The second kappa shape index (κ2) is 6.53. The van der Waals surface area contributed by atoms with Crippen molar-refractivity contribution in [1.29, 1.82) is 0 Å². The molecule has 1 heterocycles. The lowest BCUT2D eigenvalue weighted by atomic mass is 10.0. The first-order valence-corrected chi connectivity index (χ1v) is 5.24. The van der Waals surface area contributed by atoms with Crippen LogP contribution in [0.4, 0.5) is 0 Å². The Bertz CT molecular complexity index is 143. The molecule has 0 aromatic heterocycles. The van der Waals surface area contributed by atoms with Gasteiger partial charge in [0.25, 0.3) is 0 Å². The number of thioether (sulfide) groups is 1. The van der Waals surface area contributed by atoms with Crippen molar-refractivity contribution in [3.05, 3.63) is 22.5 Å². The van der Waals surface area contributed by atoms with E-state index in [1.54, 1.807) is 17.3 Å². The van der Waals surface area contributed by atoms with Crippen molar-refractivity contribution in [2.24, 2.45) is 5.92 Å². The van der Waals surface area contributed by atoms with Gasteiger partial charge in [-0.15, -0.1) is 11.8 Å². The topological polar surface area (TPSA) is 0 Å². The highest BCUT2D eigenvalue weighted by Crippen LogP contribution is 2.24. The molecular formula is C10H18S. The van der Waals surface area contributed by atoms with Crippen molar-refractivity contribution in [2.45, 2.75) is 34.1 Å². The maximum Gasteiger partial charge on any atom is -0.0120 e. The Morgan fingerprint density at radius 3 is 2.27 bits per heavy atom. The standard InChI is InChI=1S/C8H12S.C2H6/c1-7(2)8-4-3-5-9-6-8;1-2/h3,5-7H,4H2,1-2H3;1-2H3. The molecule has 0 nitrogen and oxygen atoms in total. The second-order valence-corrected chi connectivity index (χ2v) is 3.34. The minimum Gasteiger partial charge on any atom is -0.106 e. The van der Waals surface area contributed by atoms with Crippen LogP contribution in [0.2, 0.25) is 0 Å². The first-order valence-electron chi connectivity index (χ1n) is 4.30. The highest BCUT2D eigenvalue weighted by atomic mass is 32.2. The van der Waals surface area contributed by atoms with Gasteiger partial charge >= 0.3 is 0 Å². The molecule has 0 saturated carbocycles.